The van der Waals surface area contributed by atoms with E-state index in [1.54, 1.807) is 61.1 Å². The van der Waals surface area contributed by atoms with Crippen LogP contribution in [0.2, 0.25) is 0 Å². The van der Waals surface area contributed by atoms with Crippen LogP contribution in [0.25, 0.3) is 10.9 Å². The van der Waals surface area contributed by atoms with Gasteiger partial charge in [-0.15, -0.1) is 0 Å². The fourth-order valence-electron chi connectivity index (χ4n) is 4.61. The Balaban J connectivity index is 1.38. The highest BCUT2D eigenvalue weighted by molar-refractivity contribution is 7.78. The molecule has 5 rings (SSSR count). The molecule has 1 unspecified atom stereocenters. The van der Waals surface area contributed by atoms with Crippen molar-refractivity contribution in [3.8, 4) is 11.5 Å². The molecule has 2 heterocycles. The number of halogens is 1. The second kappa shape index (κ2) is 10.9. The van der Waals surface area contributed by atoms with Gasteiger partial charge in [-0.1, -0.05) is 36.4 Å². The molecular formula is C32H32FN4O3P. The number of pyridine rings is 1. The summed E-state index contributed by atoms with van der Waals surface area (Å²) in [6, 6.07) is 19.4. The predicted molar refractivity (Wildman–Crippen MR) is 162 cm³/mol. The number of amides is 1. The fourth-order valence-corrected chi connectivity index (χ4v) is 6.39. The minimum absolute atomic E-state index is 0.00838. The summed E-state index contributed by atoms with van der Waals surface area (Å²) < 4.78 is 37.0. The second-order valence-corrected chi connectivity index (χ2v) is 14.0. The van der Waals surface area contributed by atoms with E-state index >= 15 is 4.39 Å². The lowest BCUT2D eigenvalue weighted by molar-refractivity contribution is -0.115. The Morgan fingerprint density at radius 3 is 2.49 bits per heavy atom. The standard InChI is InChI=1S/C32H32FN4O3P/c1-21-15-22(17-30(38)36-23-19-35-37(20-23)32(2,3)4)16-27(33)31(21)40-29-13-14-34-28-12-11-25(18-26(28)29)41(5,39)24-9-7-6-8-10-24/h6-16,18-20H,17H2,1-5H3,(H,36,38). The van der Waals surface area contributed by atoms with Crippen LogP contribution in [0.15, 0.2) is 85.3 Å². The Morgan fingerprint density at radius 2 is 1.80 bits per heavy atom. The lowest BCUT2D eigenvalue weighted by atomic mass is 10.1. The number of carbonyl (C=O) groups is 1. The Kier molecular flexibility index (Phi) is 7.54. The molecule has 5 aromatic rings. The fraction of sp³-hybridized carbons (Fsp3) is 0.219. The zero-order chi connectivity index (χ0) is 29.4. The van der Waals surface area contributed by atoms with Gasteiger partial charge in [-0.05, 0) is 75.8 Å². The third-order valence-corrected chi connectivity index (χ3v) is 9.39. The van der Waals surface area contributed by atoms with Gasteiger partial charge in [-0.25, -0.2) is 4.39 Å². The number of rotatable bonds is 7. The van der Waals surface area contributed by atoms with Crippen molar-refractivity contribution in [2.75, 3.05) is 12.0 Å². The Labute approximate surface area is 238 Å². The molecule has 41 heavy (non-hydrogen) atoms. The number of carbonyl (C=O) groups excluding carboxylic acids is 1. The quantitative estimate of drug-likeness (QED) is 0.224. The topological polar surface area (TPSA) is 86.1 Å². The normalized spacial score (nSPS) is 13.1. The van der Waals surface area contributed by atoms with E-state index in [0.29, 0.717) is 38.8 Å². The van der Waals surface area contributed by atoms with Gasteiger partial charge < -0.3 is 14.6 Å². The van der Waals surface area contributed by atoms with E-state index in [1.165, 1.54) is 6.07 Å². The highest BCUT2D eigenvalue weighted by Gasteiger charge is 2.22. The molecule has 0 spiro atoms. The highest BCUT2D eigenvalue weighted by Crippen LogP contribution is 2.41. The first kappa shape index (κ1) is 28.2. The van der Waals surface area contributed by atoms with E-state index in [9.17, 15) is 9.36 Å². The Bertz CT molecular complexity index is 1770. The maximum atomic E-state index is 15.4. The third kappa shape index (κ3) is 6.08. The first-order valence-corrected chi connectivity index (χ1v) is 15.4. The molecule has 0 fully saturated rings. The molecule has 0 bridgehead atoms. The lowest BCUT2D eigenvalue weighted by Crippen LogP contribution is -2.22. The third-order valence-electron chi connectivity index (χ3n) is 6.85. The summed E-state index contributed by atoms with van der Waals surface area (Å²) in [5.41, 5.74) is 2.07. The molecule has 2 aromatic heterocycles. The smallest absolute Gasteiger partial charge is 0.228 e. The summed E-state index contributed by atoms with van der Waals surface area (Å²) in [6.45, 7) is 9.51. The van der Waals surface area contributed by atoms with Crippen LogP contribution in [0.4, 0.5) is 10.1 Å². The largest absolute Gasteiger partial charge is 0.453 e. The van der Waals surface area contributed by atoms with Crippen LogP contribution in [0.1, 0.15) is 31.9 Å². The summed E-state index contributed by atoms with van der Waals surface area (Å²) in [4.78, 5) is 17.1. The Morgan fingerprint density at radius 1 is 1.05 bits per heavy atom. The molecule has 0 aliphatic rings. The number of aryl methyl sites for hydroxylation is 1. The number of nitrogens with zero attached hydrogens (tertiary/aromatic N) is 3. The number of nitrogens with one attached hydrogen (secondary N) is 1. The van der Waals surface area contributed by atoms with Crippen molar-refractivity contribution in [2.24, 2.45) is 0 Å². The van der Waals surface area contributed by atoms with Crippen LogP contribution in [0.3, 0.4) is 0 Å². The van der Waals surface area contributed by atoms with E-state index in [-0.39, 0.29) is 23.6 Å². The molecule has 1 amide bonds. The van der Waals surface area contributed by atoms with Crippen molar-refractivity contribution in [1.29, 1.82) is 0 Å². The average Bonchev–Trinajstić information content (AvgIpc) is 3.40. The Hall–Kier alpha value is -4.29. The average molecular weight is 571 g/mol. The minimum atomic E-state index is -2.88. The molecule has 7 nitrogen and oxygen atoms in total. The lowest BCUT2D eigenvalue weighted by Gasteiger charge is -2.18. The van der Waals surface area contributed by atoms with Gasteiger partial charge in [0.2, 0.25) is 5.91 Å². The molecule has 3 aromatic carbocycles. The number of aromatic nitrogens is 3. The number of hydrogen-bond donors (Lipinski definition) is 1. The maximum Gasteiger partial charge on any atom is 0.228 e. The van der Waals surface area contributed by atoms with E-state index in [1.807, 2.05) is 57.2 Å². The van der Waals surface area contributed by atoms with Gasteiger partial charge >= 0.3 is 0 Å². The molecule has 0 saturated carbocycles. The molecular weight excluding hydrogens is 538 g/mol. The van der Waals surface area contributed by atoms with Crippen LogP contribution in [-0.4, -0.2) is 27.3 Å². The monoisotopic (exact) mass is 570 g/mol. The van der Waals surface area contributed by atoms with Crippen molar-refractivity contribution in [3.63, 3.8) is 0 Å². The molecule has 0 radical (unpaired) electrons. The first-order valence-electron chi connectivity index (χ1n) is 13.3. The molecule has 210 valence electrons. The number of fused-ring (bicyclic) bond motifs is 1. The number of ether oxygens (including phenoxy) is 1. The molecule has 0 saturated heterocycles. The highest BCUT2D eigenvalue weighted by atomic mass is 31.2. The van der Waals surface area contributed by atoms with Gasteiger partial charge in [-0.2, -0.15) is 5.10 Å². The SMILES string of the molecule is Cc1cc(CC(=O)Nc2cnn(C(C)(C)C)c2)cc(F)c1Oc1ccnc2ccc(P(C)(=O)c3ccccc3)cc12. The van der Waals surface area contributed by atoms with Crippen LogP contribution < -0.4 is 20.7 Å². The van der Waals surface area contributed by atoms with Crippen molar-refractivity contribution in [2.45, 2.75) is 39.7 Å². The van der Waals surface area contributed by atoms with Crippen molar-refractivity contribution < 1.29 is 18.5 Å². The van der Waals surface area contributed by atoms with Crippen LogP contribution in [0.5, 0.6) is 11.5 Å². The van der Waals surface area contributed by atoms with Crippen molar-refractivity contribution in [3.05, 3.63) is 102 Å². The van der Waals surface area contributed by atoms with E-state index in [4.69, 9.17) is 4.74 Å². The van der Waals surface area contributed by atoms with Crippen LogP contribution in [-0.2, 0) is 21.3 Å². The zero-order valence-corrected chi connectivity index (χ0v) is 24.6. The summed E-state index contributed by atoms with van der Waals surface area (Å²) in [7, 11) is -2.88. The first-order chi connectivity index (χ1) is 19.4. The van der Waals surface area contributed by atoms with Crippen LogP contribution in [0, 0.1) is 12.7 Å². The van der Waals surface area contributed by atoms with Gasteiger partial charge in [0, 0.05) is 28.4 Å². The molecule has 9 heteroatoms. The van der Waals surface area contributed by atoms with E-state index in [2.05, 4.69) is 15.4 Å². The van der Waals surface area contributed by atoms with Crippen molar-refractivity contribution >= 4 is 40.2 Å². The maximum absolute atomic E-state index is 15.4. The van der Waals surface area contributed by atoms with Crippen molar-refractivity contribution in [1.82, 2.24) is 14.8 Å². The zero-order valence-electron chi connectivity index (χ0n) is 23.7. The van der Waals surface area contributed by atoms with Gasteiger partial charge in [0.15, 0.2) is 11.6 Å². The number of benzene rings is 3. The van der Waals surface area contributed by atoms with Gasteiger partial charge in [0.05, 0.1) is 29.4 Å². The molecule has 0 aliphatic carbocycles. The summed E-state index contributed by atoms with van der Waals surface area (Å²) in [5.74, 6) is -0.407. The van der Waals surface area contributed by atoms with E-state index in [0.717, 1.165) is 5.30 Å². The number of hydrogen-bond acceptors (Lipinski definition) is 5. The number of anilines is 1. The summed E-state index contributed by atoms with van der Waals surface area (Å²) in [5, 5.41) is 9.13. The second-order valence-electron chi connectivity index (χ2n) is 11.2. The molecule has 1 atom stereocenters. The summed E-state index contributed by atoms with van der Waals surface area (Å²) >= 11 is 0. The molecule has 0 aliphatic heterocycles. The minimum Gasteiger partial charge on any atom is -0.453 e. The molecule has 1 N–H and O–H groups in total. The van der Waals surface area contributed by atoms with E-state index < -0.39 is 13.0 Å². The van der Waals surface area contributed by atoms with Gasteiger partial charge in [0.25, 0.3) is 0 Å². The summed E-state index contributed by atoms with van der Waals surface area (Å²) in [6.07, 6.45) is 4.94. The van der Waals surface area contributed by atoms with Gasteiger partial charge in [-0.3, -0.25) is 14.5 Å². The predicted octanol–water partition coefficient (Wildman–Crippen LogP) is 6.55. The van der Waals surface area contributed by atoms with Crippen LogP contribution >= 0.6 is 7.14 Å². The van der Waals surface area contributed by atoms with Gasteiger partial charge in [0.1, 0.15) is 12.9 Å².